The zero-order valence-corrected chi connectivity index (χ0v) is 13.3. The molecule has 108 valence electrons. The summed E-state index contributed by atoms with van der Waals surface area (Å²) in [5.74, 6) is 1.48. The molecule has 0 aliphatic heterocycles. The van der Waals surface area contributed by atoms with Crippen molar-refractivity contribution in [2.75, 3.05) is 0 Å². The lowest BCUT2D eigenvalue weighted by atomic mass is 9.96. The average Bonchev–Trinajstić information content (AvgIpc) is 2.76. The fourth-order valence-electron chi connectivity index (χ4n) is 2.75. The van der Waals surface area contributed by atoms with E-state index in [-0.39, 0.29) is 0 Å². The highest BCUT2D eigenvalue weighted by Gasteiger charge is 2.15. The molecular formula is C19H21NO. The molecule has 0 atom stereocenters. The molecular weight excluding hydrogens is 258 g/mol. The number of furan rings is 1. The van der Waals surface area contributed by atoms with Crippen LogP contribution >= 0.6 is 0 Å². The van der Waals surface area contributed by atoms with E-state index >= 15 is 0 Å². The molecule has 3 rings (SSSR count). The van der Waals surface area contributed by atoms with E-state index in [0.717, 1.165) is 33.7 Å². The molecule has 2 heteroatoms. The third-order valence-corrected chi connectivity index (χ3v) is 4.07. The zero-order chi connectivity index (χ0) is 15.1. The Hall–Kier alpha value is -2.09. The largest absolute Gasteiger partial charge is 0.454 e. The van der Waals surface area contributed by atoms with Crippen LogP contribution in [0.25, 0.3) is 22.4 Å². The monoisotopic (exact) mass is 279 g/mol. The van der Waals surface area contributed by atoms with Crippen LogP contribution in [0.5, 0.6) is 0 Å². The van der Waals surface area contributed by atoms with E-state index in [9.17, 15) is 0 Å². The van der Waals surface area contributed by atoms with Crippen LogP contribution in [-0.2, 0) is 0 Å². The van der Waals surface area contributed by atoms with Crippen LogP contribution in [0.2, 0.25) is 0 Å². The second-order valence-electron chi connectivity index (χ2n) is 6.08. The number of rotatable bonds is 2. The molecule has 2 aromatic heterocycles. The molecule has 2 heterocycles. The minimum atomic E-state index is 0.541. The summed E-state index contributed by atoms with van der Waals surface area (Å²) in [6.45, 7) is 10.7. The first kappa shape index (κ1) is 13.9. The lowest BCUT2D eigenvalue weighted by molar-refractivity contribution is 0.628. The molecule has 0 aliphatic carbocycles. The fourth-order valence-corrected chi connectivity index (χ4v) is 2.75. The molecule has 0 saturated carbocycles. The van der Waals surface area contributed by atoms with Gasteiger partial charge in [0.1, 0.15) is 11.3 Å². The Kier molecular flexibility index (Phi) is 3.32. The van der Waals surface area contributed by atoms with Crippen LogP contribution in [0.15, 0.2) is 34.7 Å². The third-order valence-electron chi connectivity index (χ3n) is 4.07. The number of benzene rings is 1. The standard InChI is InChI=1S/C19H21NO/c1-11(2)15-7-8-16(12(3)10-15)19-14(5)18-17(21-19)9-6-13(4)20-18/h6-11H,1-5H3. The number of fused-ring (bicyclic) bond motifs is 1. The number of aryl methyl sites for hydroxylation is 3. The third kappa shape index (κ3) is 2.35. The molecule has 0 radical (unpaired) electrons. The number of aromatic nitrogens is 1. The Morgan fingerprint density at radius 1 is 1.00 bits per heavy atom. The summed E-state index contributed by atoms with van der Waals surface area (Å²) < 4.78 is 6.06. The summed E-state index contributed by atoms with van der Waals surface area (Å²) in [6.07, 6.45) is 0. The van der Waals surface area contributed by atoms with Gasteiger partial charge in [0.2, 0.25) is 0 Å². The number of hydrogen-bond acceptors (Lipinski definition) is 2. The Balaban J connectivity index is 2.18. The summed E-state index contributed by atoms with van der Waals surface area (Å²) in [6, 6.07) is 10.6. The van der Waals surface area contributed by atoms with E-state index in [1.54, 1.807) is 0 Å². The molecule has 2 nitrogen and oxygen atoms in total. The highest BCUT2D eigenvalue weighted by Crippen LogP contribution is 2.34. The van der Waals surface area contributed by atoms with Crippen LogP contribution in [0.1, 0.15) is 42.1 Å². The van der Waals surface area contributed by atoms with E-state index in [4.69, 9.17) is 4.42 Å². The zero-order valence-electron chi connectivity index (χ0n) is 13.3. The van der Waals surface area contributed by atoms with Crippen molar-refractivity contribution in [2.24, 2.45) is 0 Å². The number of pyridine rings is 1. The van der Waals surface area contributed by atoms with Gasteiger partial charge in [-0.2, -0.15) is 0 Å². The first-order chi connectivity index (χ1) is 9.97. The van der Waals surface area contributed by atoms with E-state index in [0.29, 0.717) is 5.92 Å². The van der Waals surface area contributed by atoms with Gasteiger partial charge >= 0.3 is 0 Å². The van der Waals surface area contributed by atoms with Gasteiger partial charge < -0.3 is 4.42 Å². The highest BCUT2D eigenvalue weighted by molar-refractivity contribution is 5.85. The Bertz CT molecular complexity index is 812. The van der Waals surface area contributed by atoms with E-state index in [2.05, 4.69) is 50.9 Å². The maximum absolute atomic E-state index is 6.06. The summed E-state index contributed by atoms with van der Waals surface area (Å²) in [4.78, 5) is 4.60. The maximum Gasteiger partial charge on any atom is 0.153 e. The van der Waals surface area contributed by atoms with Crippen molar-refractivity contribution in [1.29, 1.82) is 0 Å². The van der Waals surface area contributed by atoms with Crippen molar-refractivity contribution < 1.29 is 4.42 Å². The van der Waals surface area contributed by atoms with E-state index in [1.807, 2.05) is 19.1 Å². The average molecular weight is 279 g/mol. The molecule has 0 aliphatic rings. The van der Waals surface area contributed by atoms with Crippen LogP contribution in [0, 0.1) is 20.8 Å². The van der Waals surface area contributed by atoms with Gasteiger partial charge in [0.15, 0.2) is 5.58 Å². The van der Waals surface area contributed by atoms with E-state index in [1.165, 1.54) is 11.1 Å². The first-order valence-electron chi connectivity index (χ1n) is 7.45. The van der Waals surface area contributed by atoms with Crippen LogP contribution in [-0.4, -0.2) is 4.98 Å². The smallest absolute Gasteiger partial charge is 0.153 e. The van der Waals surface area contributed by atoms with Crippen LogP contribution < -0.4 is 0 Å². The fraction of sp³-hybridized carbons (Fsp3) is 0.316. The Labute approximate surface area is 125 Å². The molecule has 3 aromatic rings. The van der Waals surface area contributed by atoms with Gasteiger partial charge in [-0.25, -0.2) is 4.98 Å². The minimum absolute atomic E-state index is 0.541. The predicted molar refractivity (Wildman–Crippen MR) is 87.7 cm³/mol. The normalized spacial score (nSPS) is 11.5. The maximum atomic E-state index is 6.06. The van der Waals surface area contributed by atoms with Gasteiger partial charge in [0.25, 0.3) is 0 Å². The van der Waals surface area contributed by atoms with Gasteiger partial charge in [-0.05, 0) is 49.9 Å². The topological polar surface area (TPSA) is 26.0 Å². The van der Waals surface area contributed by atoms with Crippen LogP contribution in [0.3, 0.4) is 0 Å². The first-order valence-corrected chi connectivity index (χ1v) is 7.45. The lowest BCUT2D eigenvalue weighted by Gasteiger charge is -2.10. The second-order valence-corrected chi connectivity index (χ2v) is 6.08. The molecule has 1 aromatic carbocycles. The van der Waals surface area contributed by atoms with Crippen molar-refractivity contribution in [3.8, 4) is 11.3 Å². The minimum Gasteiger partial charge on any atom is -0.454 e. The van der Waals surface area contributed by atoms with Gasteiger partial charge in [0.05, 0.1) is 0 Å². The van der Waals surface area contributed by atoms with Gasteiger partial charge in [-0.15, -0.1) is 0 Å². The molecule has 21 heavy (non-hydrogen) atoms. The SMILES string of the molecule is Cc1ccc2oc(-c3ccc(C(C)C)cc3C)c(C)c2n1. The van der Waals surface area contributed by atoms with Gasteiger partial charge in [-0.1, -0.05) is 32.0 Å². The Morgan fingerprint density at radius 2 is 1.76 bits per heavy atom. The van der Waals surface area contributed by atoms with Crippen molar-refractivity contribution in [2.45, 2.75) is 40.5 Å². The van der Waals surface area contributed by atoms with E-state index < -0.39 is 0 Å². The van der Waals surface area contributed by atoms with Gasteiger partial charge in [-0.3, -0.25) is 0 Å². The molecule has 0 unspecified atom stereocenters. The summed E-state index contributed by atoms with van der Waals surface area (Å²) in [5, 5.41) is 0. The van der Waals surface area contributed by atoms with Crippen molar-refractivity contribution in [1.82, 2.24) is 4.98 Å². The summed E-state index contributed by atoms with van der Waals surface area (Å²) in [5.41, 5.74) is 7.74. The lowest BCUT2D eigenvalue weighted by Crippen LogP contribution is -1.91. The quantitative estimate of drug-likeness (QED) is 0.615. The summed E-state index contributed by atoms with van der Waals surface area (Å²) >= 11 is 0. The predicted octanol–water partition coefficient (Wildman–Crippen LogP) is 5.54. The number of nitrogens with zero attached hydrogens (tertiary/aromatic N) is 1. The van der Waals surface area contributed by atoms with Crippen molar-refractivity contribution >= 4 is 11.1 Å². The summed E-state index contributed by atoms with van der Waals surface area (Å²) in [7, 11) is 0. The van der Waals surface area contributed by atoms with Crippen molar-refractivity contribution in [3.63, 3.8) is 0 Å². The molecule has 0 N–H and O–H groups in total. The molecule has 0 amide bonds. The Morgan fingerprint density at radius 3 is 2.43 bits per heavy atom. The molecule has 0 bridgehead atoms. The number of hydrogen-bond donors (Lipinski definition) is 0. The molecule has 0 saturated heterocycles. The van der Waals surface area contributed by atoms with Gasteiger partial charge in [0, 0.05) is 16.8 Å². The molecule has 0 fully saturated rings. The van der Waals surface area contributed by atoms with Crippen molar-refractivity contribution in [3.05, 3.63) is 52.7 Å². The highest BCUT2D eigenvalue weighted by atomic mass is 16.3. The van der Waals surface area contributed by atoms with Crippen LogP contribution in [0.4, 0.5) is 0 Å². The molecule has 0 spiro atoms. The second kappa shape index (κ2) is 5.03.